The third kappa shape index (κ3) is 3.28. The maximum absolute atomic E-state index is 5.77. The number of hydrogen-bond acceptors (Lipinski definition) is 2. The lowest BCUT2D eigenvalue weighted by Crippen LogP contribution is -2.27. The molecule has 100 valence electrons. The van der Waals surface area contributed by atoms with Crippen molar-refractivity contribution in [3.63, 3.8) is 0 Å². The van der Waals surface area contributed by atoms with Crippen LogP contribution in [-0.2, 0) is 0 Å². The SMILES string of the molecule is CCCN(c1ccc(N)cc1)C(C)c1ccccc1. The first-order valence-electron chi connectivity index (χ1n) is 6.89. The molecule has 1 unspecified atom stereocenters. The molecule has 0 saturated heterocycles. The van der Waals surface area contributed by atoms with E-state index in [-0.39, 0.29) is 0 Å². The summed E-state index contributed by atoms with van der Waals surface area (Å²) in [6.45, 7) is 5.50. The van der Waals surface area contributed by atoms with Crippen LogP contribution in [0.15, 0.2) is 54.6 Å². The fourth-order valence-electron chi connectivity index (χ4n) is 2.36. The lowest BCUT2D eigenvalue weighted by atomic mass is 10.1. The Morgan fingerprint density at radius 3 is 2.21 bits per heavy atom. The molecular weight excluding hydrogens is 232 g/mol. The van der Waals surface area contributed by atoms with Crippen molar-refractivity contribution in [3.05, 3.63) is 60.2 Å². The molecule has 2 heteroatoms. The number of nitrogens with zero attached hydrogens (tertiary/aromatic N) is 1. The molecule has 0 aliphatic carbocycles. The summed E-state index contributed by atoms with van der Waals surface area (Å²) in [4.78, 5) is 2.43. The van der Waals surface area contributed by atoms with E-state index in [1.165, 1.54) is 11.3 Å². The molecule has 0 bridgehead atoms. The van der Waals surface area contributed by atoms with E-state index in [1.807, 2.05) is 12.1 Å². The molecule has 1 atom stereocenters. The van der Waals surface area contributed by atoms with Gasteiger partial charge in [0.05, 0.1) is 6.04 Å². The zero-order chi connectivity index (χ0) is 13.7. The van der Waals surface area contributed by atoms with E-state index in [2.05, 4.69) is 61.2 Å². The summed E-state index contributed by atoms with van der Waals surface area (Å²) in [6, 6.07) is 19.1. The van der Waals surface area contributed by atoms with Gasteiger partial charge < -0.3 is 10.6 Å². The van der Waals surface area contributed by atoms with Gasteiger partial charge in [0.15, 0.2) is 0 Å². The van der Waals surface area contributed by atoms with Crippen LogP contribution in [0.2, 0.25) is 0 Å². The van der Waals surface area contributed by atoms with Crippen molar-refractivity contribution in [2.24, 2.45) is 0 Å². The van der Waals surface area contributed by atoms with Gasteiger partial charge in [0.2, 0.25) is 0 Å². The summed E-state index contributed by atoms with van der Waals surface area (Å²) in [5.74, 6) is 0. The van der Waals surface area contributed by atoms with Crippen LogP contribution < -0.4 is 10.6 Å². The maximum Gasteiger partial charge on any atom is 0.0514 e. The number of benzene rings is 2. The Hall–Kier alpha value is -1.96. The highest BCUT2D eigenvalue weighted by molar-refractivity contribution is 5.54. The summed E-state index contributed by atoms with van der Waals surface area (Å²) >= 11 is 0. The second kappa shape index (κ2) is 6.28. The van der Waals surface area contributed by atoms with Crippen LogP contribution in [0.1, 0.15) is 31.9 Å². The number of anilines is 2. The molecule has 0 spiro atoms. The van der Waals surface area contributed by atoms with Crippen LogP contribution in [0.4, 0.5) is 11.4 Å². The summed E-state index contributed by atoms with van der Waals surface area (Å²) in [7, 11) is 0. The van der Waals surface area contributed by atoms with Crippen LogP contribution in [0.3, 0.4) is 0 Å². The minimum Gasteiger partial charge on any atom is -0.399 e. The van der Waals surface area contributed by atoms with Crippen molar-refractivity contribution in [3.8, 4) is 0 Å². The van der Waals surface area contributed by atoms with Crippen molar-refractivity contribution < 1.29 is 0 Å². The van der Waals surface area contributed by atoms with Gasteiger partial charge in [0.25, 0.3) is 0 Å². The first-order chi connectivity index (χ1) is 9.22. The first-order valence-corrected chi connectivity index (χ1v) is 6.89. The quantitative estimate of drug-likeness (QED) is 0.808. The van der Waals surface area contributed by atoms with Gasteiger partial charge in [-0.2, -0.15) is 0 Å². The number of nitrogens with two attached hydrogens (primary N) is 1. The van der Waals surface area contributed by atoms with Gasteiger partial charge in [0, 0.05) is 17.9 Å². The van der Waals surface area contributed by atoms with Gasteiger partial charge in [-0.15, -0.1) is 0 Å². The van der Waals surface area contributed by atoms with Crippen LogP contribution >= 0.6 is 0 Å². The minimum atomic E-state index is 0.366. The van der Waals surface area contributed by atoms with Gasteiger partial charge in [-0.05, 0) is 43.2 Å². The van der Waals surface area contributed by atoms with E-state index in [9.17, 15) is 0 Å². The smallest absolute Gasteiger partial charge is 0.0514 e. The predicted molar refractivity (Wildman–Crippen MR) is 83.3 cm³/mol. The molecule has 0 aromatic heterocycles. The van der Waals surface area contributed by atoms with E-state index < -0.39 is 0 Å². The molecule has 0 amide bonds. The van der Waals surface area contributed by atoms with E-state index in [0.717, 1.165) is 18.7 Å². The fourth-order valence-corrected chi connectivity index (χ4v) is 2.36. The number of nitrogen functional groups attached to an aromatic ring is 1. The summed E-state index contributed by atoms with van der Waals surface area (Å²) in [5, 5.41) is 0. The van der Waals surface area contributed by atoms with E-state index in [0.29, 0.717) is 6.04 Å². The van der Waals surface area contributed by atoms with Crippen molar-refractivity contribution in [1.29, 1.82) is 0 Å². The Morgan fingerprint density at radius 2 is 1.63 bits per heavy atom. The van der Waals surface area contributed by atoms with Gasteiger partial charge in [0.1, 0.15) is 0 Å². The van der Waals surface area contributed by atoms with Gasteiger partial charge >= 0.3 is 0 Å². The molecule has 2 nitrogen and oxygen atoms in total. The Bertz CT molecular complexity index is 490. The van der Waals surface area contributed by atoms with Gasteiger partial charge in [-0.3, -0.25) is 0 Å². The largest absolute Gasteiger partial charge is 0.399 e. The summed E-state index contributed by atoms with van der Waals surface area (Å²) < 4.78 is 0. The van der Waals surface area contributed by atoms with Crippen LogP contribution in [0.25, 0.3) is 0 Å². The highest BCUT2D eigenvalue weighted by atomic mass is 15.2. The summed E-state index contributed by atoms with van der Waals surface area (Å²) in [5.41, 5.74) is 9.15. The first kappa shape index (κ1) is 13.5. The molecule has 0 aliphatic rings. The van der Waals surface area contributed by atoms with Gasteiger partial charge in [-0.25, -0.2) is 0 Å². The molecule has 19 heavy (non-hydrogen) atoms. The van der Waals surface area contributed by atoms with Crippen LogP contribution in [0.5, 0.6) is 0 Å². The fraction of sp³-hybridized carbons (Fsp3) is 0.294. The zero-order valence-electron chi connectivity index (χ0n) is 11.7. The second-order valence-electron chi connectivity index (χ2n) is 4.87. The van der Waals surface area contributed by atoms with Gasteiger partial charge in [-0.1, -0.05) is 37.3 Å². The van der Waals surface area contributed by atoms with Crippen molar-refractivity contribution >= 4 is 11.4 Å². The standard InChI is InChI=1S/C17H22N2/c1-3-13-19(17-11-9-16(18)10-12-17)14(2)15-7-5-4-6-8-15/h4-12,14H,3,13,18H2,1-2H3. The maximum atomic E-state index is 5.77. The highest BCUT2D eigenvalue weighted by Crippen LogP contribution is 2.27. The molecule has 0 radical (unpaired) electrons. The Balaban J connectivity index is 2.27. The molecule has 0 fully saturated rings. The third-order valence-corrected chi connectivity index (χ3v) is 3.44. The lowest BCUT2D eigenvalue weighted by molar-refractivity contribution is 0.659. The Morgan fingerprint density at radius 1 is 1.00 bits per heavy atom. The molecule has 2 rings (SSSR count). The summed E-state index contributed by atoms with van der Waals surface area (Å²) in [6.07, 6.45) is 1.13. The Kier molecular flexibility index (Phi) is 4.45. The van der Waals surface area contributed by atoms with Crippen LogP contribution in [-0.4, -0.2) is 6.54 Å². The van der Waals surface area contributed by atoms with Crippen LogP contribution in [0, 0.1) is 0 Å². The molecule has 0 saturated carbocycles. The highest BCUT2D eigenvalue weighted by Gasteiger charge is 2.15. The topological polar surface area (TPSA) is 29.3 Å². The Labute approximate surface area is 115 Å². The van der Waals surface area contributed by atoms with E-state index in [4.69, 9.17) is 5.73 Å². The molecule has 0 aliphatic heterocycles. The number of rotatable bonds is 5. The second-order valence-corrected chi connectivity index (χ2v) is 4.87. The monoisotopic (exact) mass is 254 g/mol. The minimum absolute atomic E-state index is 0.366. The molecule has 2 aromatic rings. The molecule has 0 heterocycles. The molecular formula is C17H22N2. The lowest BCUT2D eigenvalue weighted by Gasteiger charge is -2.31. The normalized spacial score (nSPS) is 12.1. The number of hydrogen-bond donors (Lipinski definition) is 1. The van der Waals surface area contributed by atoms with E-state index >= 15 is 0 Å². The van der Waals surface area contributed by atoms with E-state index in [1.54, 1.807) is 0 Å². The van der Waals surface area contributed by atoms with Crippen molar-refractivity contribution in [2.75, 3.05) is 17.2 Å². The van der Waals surface area contributed by atoms with Crippen molar-refractivity contribution in [2.45, 2.75) is 26.3 Å². The zero-order valence-corrected chi connectivity index (χ0v) is 11.7. The van der Waals surface area contributed by atoms with Crippen molar-refractivity contribution in [1.82, 2.24) is 0 Å². The third-order valence-electron chi connectivity index (χ3n) is 3.44. The average Bonchev–Trinajstić information content (AvgIpc) is 2.46. The predicted octanol–water partition coefficient (Wildman–Crippen LogP) is 4.25. The molecule has 2 N–H and O–H groups in total. The average molecular weight is 254 g/mol. The molecule has 2 aromatic carbocycles.